The summed E-state index contributed by atoms with van der Waals surface area (Å²) < 4.78 is 50.8. The van der Waals surface area contributed by atoms with E-state index in [0.717, 1.165) is 10.9 Å². The monoisotopic (exact) mass is 603 g/mol. The third-order valence-electron chi connectivity index (χ3n) is 3.87. The third kappa shape index (κ3) is 9.53. The number of ether oxygens (including phenoxy) is 1. The number of hydrogen-bond acceptors (Lipinski definition) is 15. The second-order valence-electron chi connectivity index (χ2n) is 6.16. The molecule has 26 heteroatoms. The van der Waals surface area contributed by atoms with E-state index in [4.69, 9.17) is 15.4 Å². The molecule has 1 aliphatic rings. The maximum Gasteiger partial charge on any atom is 1.00 e. The molecule has 1 saturated heterocycles. The van der Waals surface area contributed by atoms with Crippen LogP contribution < -0.4 is 80.2 Å². The largest absolute Gasteiger partial charge is 1.00 e. The number of fused-ring (bicyclic) bond motifs is 1. The molecule has 0 bridgehead atoms. The van der Waals surface area contributed by atoms with Crippen LogP contribution in [0.25, 0.3) is 11.2 Å². The third-order valence-corrected chi connectivity index (χ3v) is 7.60. The van der Waals surface area contributed by atoms with E-state index in [1.54, 1.807) is 0 Å². The van der Waals surface area contributed by atoms with Gasteiger partial charge in [-0.05, 0) is 0 Å². The standard InChI is InChI=1S/C10H16N5O14P3.2Na.2H2O/c11-10-13-7-4(8(18)14-10)12-2-15(7)9-6(17)5(16)3(27-9)1-26-31(22,23)29-32(24,25)28-30(19,20)21;;;;/h2-3,5-6,9,16-17H,1H2,(H,22,23)(H,24,25)(H2,19,20,21)(H3,11,13,14,18);;;2*1H2/q;2*+1;;/p-2/t3-,5-,6-,9-;;;;/m1..../s1. The fourth-order valence-electron chi connectivity index (χ4n) is 2.68. The topological polar surface area (TPSA) is 368 Å². The number of hydrogen-bond donors (Lipinski definition) is 6. The maximum absolute atomic E-state index is 11.8. The first-order valence-corrected chi connectivity index (χ1v) is 12.5. The number of anilines is 1. The Morgan fingerprint density at radius 3 is 2.28 bits per heavy atom. The molecule has 3 heterocycles. The number of nitrogens with zero attached hydrogens (tertiary/aromatic N) is 3. The summed E-state index contributed by atoms with van der Waals surface area (Å²) in [6.07, 6.45) is -5.45. The van der Waals surface area contributed by atoms with Gasteiger partial charge in [-0.3, -0.25) is 28.0 Å². The predicted octanol–water partition coefficient (Wildman–Crippen LogP) is -11.2. The van der Waals surface area contributed by atoms with Gasteiger partial charge in [0, 0.05) is 0 Å². The first kappa shape index (κ1) is 38.5. The van der Waals surface area contributed by atoms with Gasteiger partial charge in [0.1, 0.15) is 18.3 Å². The fraction of sp³-hybridized carbons (Fsp3) is 0.500. The van der Waals surface area contributed by atoms with Crippen LogP contribution in [0.15, 0.2) is 11.1 Å². The number of imidazole rings is 1. The van der Waals surface area contributed by atoms with E-state index < -0.39 is 60.2 Å². The molecule has 0 saturated carbocycles. The molecule has 2 aromatic heterocycles. The number of nitrogens with two attached hydrogens (primary N) is 1. The van der Waals surface area contributed by atoms with E-state index in [9.17, 15) is 43.4 Å². The number of rotatable bonds is 8. The van der Waals surface area contributed by atoms with Crippen molar-refractivity contribution in [1.82, 2.24) is 19.5 Å². The molecule has 7 atom stereocenters. The first-order chi connectivity index (χ1) is 14.6. The summed E-state index contributed by atoms with van der Waals surface area (Å²) in [5.74, 6) is -0.287. The fourth-order valence-corrected chi connectivity index (χ4v) is 5.62. The van der Waals surface area contributed by atoms with Gasteiger partial charge < -0.3 is 51.2 Å². The minimum absolute atomic E-state index is 0. The number of aliphatic hydroxyl groups excluding tert-OH is 2. The molecule has 3 unspecified atom stereocenters. The molecule has 0 radical (unpaired) electrons. The van der Waals surface area contributed by atoms with E-state index in [1.807, 2.05) is 0 Å². The molecule has 196 valence electrons. The average Bonchev–Trinajstić information content (AvgIpc) is 3.12. The van der Waals surface area contributed by atoms with Gasteiger partial charge in [0.05, 0.1) is 12.9 Å². The van der Waals surface area contributed by atoms with Gasteiger partial charge in [-0.2, -0.15) is 4.98 Å². The normalized spacial score (nSPS) is 26.2. The molecule has 11 N–H and O–H groups in total. The van der Waals surface area contributed by atoms with Crippen molar-refractivity contribution in [2.75, 3.05) is 12.3 Å². The summed E-state index contributed by atoms with van der Waals surface area (Å²) in [5, 5.41) is 20.4. The number of aromatic nitrogens is 4. The Bertz CT molecular complexity index is 1220. The molecule has 1 fully saturated rings. The number of aliphatic hydroxyl groups is 2. The van der Waals surface area contributed by atoms with Crippen LogP contribution in [0.5, 0.6) is 0 Å². The van der Waals surface area contributed by atoms with Crippen molar-refractivity contribution in [3.63, 3.8) is 0 Å². The van der Waals surface area contributed by atoms with E-state index in [0.29, 0.717) is 0 Å². The van der Waals surface area contributed by atoms with Crippen LogP contribution in [-0.4, -0.2) is 75.4 Å². The van der Waals surface area contributed by atoms with Gasteiger partial charge in [0.2, 0.25) is 5.95 Å². The average molecular weight is 603 g/mol. The summed E-state index contributed by atoms with van der Waals surface area (Å²) in [4.78, 5) is 61.1. The summed E-state index contributed by atoms with van der Waals surface area (Å²) in [6, 6.07) is 0. The van der Waals surface area contributed by atoms with Gasteiger partial charge in [-0.15, -0.1) is 0 Å². The van der Waals surface area contributed by atoms with Crippen molar-refractivity contribution in [2.24, 2.45) is 0 Å². The minimum Gasteiger partial charge on any atom is -0.756 e. The number of nitrogens with one attached hydrogen (secondary N) is 1. The van der Waals surface area contributed by atoms with Crippen molar-refractivity contribution in [2.45, 2.75) is 24.5 Å². The minimum atomic E-state index is -6.04. The number of H-pyrrole nitrogens is 1. The Morgan fingerprint density at radius 1 is 1.14 bits per heavy atom. The quantitative estimate of drug-likeness (QED) is 0.120. The predicted molar refractivity (Wildman–Crippen MR) is 101 cm³/mol. The van der Waals surface area contributed by atoms with Crippen molar-refractivity contribution in [3.05, 3.63) is 16.7 Å². The van der Waals surface area contributed by atoms with Crippen LogP contribution in [0, 0.1) is 0 Å². The van der Waals surface area contributed by atoms with Gasteiger partial charge in [0.15, 0.2) is 17.4 Å². The molecule has 0 aliphatic carbocycles. The molecule has 36 heavy (non-hydrogen) atoms. The van der Waals surface area contributed by atoms with Crippen LogP contribution in [0.1, 0.15) is 6.23 Å². The zero-order valence-electron chi connectivity index (χ0n) is 18.2. The van der Waals surface area contributed by atoms with E-state index in [2.05, 4.69) is 28.1 Å². The van der Waals surface area contributed by atoms with Gasteiger partial charge in [0.25, 0.3) is 21.2 Å². The molecule has 0 aromatic carbocycles. The van der Waals surface area contributed by atoms with Gasteiger partial charge in [-0.25, -0.2) is 18.2 Å². The molecular formula is C10H18N5Na2O16P3. The Hall–Kier alpha value is 0.360. The van der Waals surface area contributed by atoms with Crippen LogP contribution in [0.3, 0.4) is 0 Å². The summed E-state index contributed by atoms with van der Waals surface area (Å²) in [7, 11) is -17.5. The number of aromatic amines is 1. The van der Waals surface area contributed by atoms with E-state index >= 15 is 0 Å². The second kappa shape index (κ2) is 14.1. The van der Waals surface area contributed by atoms with Crippen LogP contribution in [0.2, 0.25) is 0 Å². The number of nitrogen functional groups attached to an aromatic ring is 1. The second-order valence-corrected chi connectivity index (χ2v) is 10.5. The van der Waals surface area contributed by atoms with Crippen molar-refractivity contribution in [3.8, 4) is 0 Å². The zero-order valence-corrected chi connectivity index (χ0v) is 24.9. The van der Waals surface area contributed by atoms with Crippen LogP contribution >= 0.6 is 23.5 Å². The van der Waals surface area contributed by atoms with Crippen LogP contribution in [-0.2, 0) is 31.6 Å². The van der Waals surface area contributed by atoms with Crippen LogP contribution in [0.4, 0.5) is 5.95 Å². The molecular weight excluding hydrogens is 585 g/mol. The van der Waals surface area contributed by atoms with Crippen molar-refractivity contribution >= 4 is 40.6 Å². The molecule has 1 aliphatic heterocycles. The Kier molecular flexibility index (Phi) is 15.1. The van der Waals surface area contributed by atoms with E-state index in [1.165, 1.54) is 0 Å². The van der Waals surface area contributed by atoms with Crippen molar-refractivity contribution in [1.29, 1.82) is 0 Å². The van der Waals surface area contributed by atoms with Gasteiger partial charge >= 0.3 is 66.9 Å². The molecule has 2 aromatic rings. The first-order valence-electron chi connectivity index (χ1n) is 8.07. The molecule has 0 amide bonds. The Balaban J connectivity index is 0. The number of phosphoric ester groups is 1. The Morgan fingerprint density at radius 2 is 1.72 bits per heavy atom. The zero-order chi connectivity index (χ0) is 24.1. The molecule has 21 nitrogen and oxygen atoms in total. The summed E-state index contributed by atoms with van der Waals surface area (Å²) in [6.45, 7) is -1.06. The Labute approximate surface area is 243 Å². The van der Waals surface area contributed by atoms with Crippen molar-refractivity contribution < 1.29 is 131 Å². The molecule has 0 spiro atoms. The summed E-state index contributed by atoms with van der Waals surface area (Å²) in [5.41, 5.74) is 4.45. The smallest absolute Gasteiger partial charge is 0.756 e. The maximum atomic E-state index is 11.8. The molecule has 3 rings (SSSR count). The SMILES string of the molecule is Nc1nc2c(ncn2[C@@H]2O[C@H](COP(=O)(O)OP(=O)([O-])OP(=O)([O-])O)[C@@H](O)[C@H]2O)c(=O)[nH]1.O.O.[Na+].[Na+]. The van der Waals surface area contributed by atoms with Gasteiger partial charge in [-0.1, -0.05) is 0 Å². The summed E-state index contributed by atoms with van der Waals surface area (Å²) >= 11 is 0. The van der Waals surface area contributed by atoms with E-state index in [-0.39, 0.29) is 87.2 Å². The number of phosphoric acid groups is 3.